The van der Waals surface area contributed by atoms with Gasteiger partial charge in [0.05, 0.1) is 11.9 Å². The Balaban J connectivity index is 1.97. The number of benzene rings is 1. The maximum Gasteiger partial charge on any atom is 0.190 e. The van der Waals surface area contributed by atoms with E-state index in [1.807, 2.05) is 0 Å². The van der Waals surface area contributed by atoms with Gasteiger partial charge < -0.3 is 0 Å². The Morgan fingerprint density at radius 2 is 1.76 bits per heavy atom. The Morgan fingerprint density at radius 1 is 1.05 bits per heavy atom. The third-order valence-electron chi connectivity index (χ3n) is 3.28. The fourth-order valence-corrected chi connectivity index (χ4v) is 2.26. The molecule has 5 heteroatoms. The Morgan fingerprint density at radius 3 is 2.48 bits per heavy atom. The molecule has 0 atom stereocenters. The van der Waals surface area contributed by atoms with Gasteiger partial charge in [0.2, 0.25) is 0 Å². The molecular weight excluding hydrogens is 276 g/mol. The predicted octanol–water partition coefficient (Wildman–Crippen LogP) is 2.91. The average Bonchev–Trinajstić information content (AvgIpc) is 2.47. The van der Waals surface area contributed by atoms with Crippen molar-refractivity contribution in [3.05, 3.63) is 76.6 Å². The lowest BCUT2D eigenvalue weighted by atomic mass is 9.87. The summed E-state index contributed by atoms with van der Waals surface area (Å²) in [6.07, 6.45) is 1.92. The van der Waals surface area contributed by atoms with E-state index in [4.69, 9.17) is 0 Å². The predicted molar refractivity (Wildman–Crippen MR) is 71.0 cm³/mol. The smallest absolute Gasteiger partial charge is 0.190 e. The fourth-order valence-electron chi connectivity index (χ4n) is 2.26. The molecule has 3 nitrogen and oxygen atoms in total. The van der Waals surface area contributed by atoms with Gasteiger partial charge >= 0.3 is 0 Å². The number of allylic oxidation sites excluding steroid dienone is 2. The molecule has 0 radical (unpaired) electrons. The molecule has 3 rings (SSSR count). The van der Waals surface area contributed by atoms with Crippen LogP contribution in [0.25, 0.3) is 0 Å². The highest BCUT2D eigenvalue weighted by Gasteiger charge is 2.25. The van der Waals surface area contributed by atoms with E-state index < -0.39 is 11.6 Å². The van der Waals surface area contributed by atoms with E-state index in [9.17, 15) is 18.4 Å². The van der Waals surface area contributed by atoms with Gasteiger partial charge in [0.25, 0.3) is 0 Å². The number of pyridine rings is 1. The van der Waals surface area contributed by atoms with Crippen LogP contribution in [0.3, 0.4) is 0 Å². The van der Waals surface area contributed by atoms with Crippen LogP contribution in [-0.4, -0.2) is 16.6 Å². The molecule has 0 saturated carbocycles. The molecule has 104 valence electrons. The summed E-state index contributed by atoms with van der Waals surface area (Å²) in [6, 6.07) is 7.15. The summed E-state index contributed by atoms with van der Waals surface area (Å²) in [5.74, 6) is -2.27. The number of hydrogen-bond donors (Lipinski definition) is 0. The van der Waals surface area contributed by atoms with E-state index in [0.717, 1.165) is 6.20 Å². The molecule has 1 aromatic heterocycles. The van der Waals surface area contributed by atoms with E-state index in [1.165, 1.54) is 6.08 Å². The van der Waals surface area contributed by atoms with Crippen LogP contribution in [0.5, 0.6) is 0 Å². The van der Waals surface area contributed by atoms with Crippen LogP contribution in [0.1, 0.15) is 26.4 Å². The zero-order chi connectivity index (χ0) is 15.0. The van der Waals surface area contributed by atoms with Gasteiger partial charge in [0.15, 0.2) is 11.6 Å². The van der Waals surface area contributed by atoms with Crippen LogP contribution in [0.15, 0.2) is 48.2 Å². The zero-order valence-electron chi connectivity index (χ0n) is 10.8. The summed E-state index contributed by atoms with van der Waals surface area (Å²) in [5.41, 5.74) is 0.709. The minimum atomic E-state index is -0.838. The highest BCUT2D eigenvalue weighted by molar-refractivity contribution is 6.24. The SMILES string of the molecule is O=C1C=C(Cc2ncc(F)cc2F)C(=O)c2ccccc21. The number of halogens is 2. The number of nitrogens with zero attached hydrogens (tertiary/aromatic N) is 1. The van der Waals surface area contributed by atoms with Crippen molar-refractivity contribution < 1.29 is 18.4 Å². The molecule has 0 fully saturated rings. The lowest BCUT2D eigenvalue weighted by Gasteiger charge is -2.14. The van der Waals surface area contributed by atoms with Crippen molar-refractivity contribution in [2.45, 2.75) is 6.42 Å². The first-order valence-electron chi connectivity index (χ1n) is 6.25. The monoisotopic (exact) mass is 285 g/mol. The van der Waals surface area contributed by atoms with E-state index >= 15 is 0 Å². The van der Waals surface area contributed by atoms with Crippen molar-refractivity contribution in [1.82, 2.24) is 4.98 Å². The van der Waals surface area contributed by atoms with Gasteiger partial charge in [-0.15, -0.1) is 0 Å². The first kappa shape index (κ1) is 13.3. The molecule has 2 aromatic rings. The summed E-state index contributed by atoms with van der Waals surface area (Å²) in [5, 5.41) is 0. The highest BCUT2D eigenvalue weighted by Crippen LogP contribution is 2.23. The van der Waals surface area contributed by atoms with E-state index in [-0.39, 0.29) is 29.3 Å². The Bertz CT molecular complexity index is 797. The molecule has 0 spiro atoms. The van der Waals surface area contributed by atoms with Gasteiger partial charge in [-0.25, -0.2) is 8.78 Å². The van der Waals surface area contributed by atoms with Gasteiger partial charge in [-0.3, -0.25) is 14.6 Å². The molecule has 1 aliphatic carbocycles. The quantitative estimate of drug-likeness (QED) is 0.852. The second-order valence-corrected chi connectivity index (χ2v) is 4.67. The fraction of sp³-hybridized carbons (Fsp3) is 0.0625. The normalized spacial score (nSPS) is 13.9. The maximum absolute atomic E-state index is 13.6. The van der Waals surface area contributed by atoms with Gasteiger partial charge in [-0.1, -0.05) is 24.3 Å². The van der Waals surface area contributed by atoms with Crippen LogP contribution in [0, 0.1) is 11.6 Å². The molecule has 0 amide bonds. The van der Waals surface area contributed by atoms with Gasteiger partial charge in [-0.05, 0) is 6.08 Å². The van der Waals surface area contributed by atoms with E-state index in [1.54, 1.807) is 24.3 Å². The van der Waals surface area contributed by atoms with Crippen LogP contribution < -0.4 is 0 Å². The lowest BCUT2D eigenvalue weighted by Crippen LogP contribution is -2.18. The molecular formula is C16H9F2NO2. The van der Waals surface area contributed by atoms with Gasteiger partial charge in [0, 0.05) is 29.2 Å². The first-order chi connectivity index (χ1) is 10.1. The van der Waals surface area contributed by atoms with Crippen molar-refractivity contribution in [3.63, 3.8) is 0 Å². The number of hydrogen-bond acceptors (Lipinski definition) is 3. The van der Waals surface area contributed by atoms with Crippen molar-refractivity contribution in [1.29, 1.82) is 0 Å². The summed E-state index contributed by atoms with van der Waals surface area (Å²) in [7, 11) is 0. The molecule has 1 aromatic carbocycles. The maximum atomic E-state index is 13.6. The second-order valence-electron chi connectivity index (χ2n) is 4.67. The Hall–Kier alpha value is -2.69. The van der Waals surface area contributed by atoms with Crippen molar-refractivity contribution in [2.75, 3.05) is 0 Å². The van der Waals surface area contributed by atoms with Gasteiger partial charge in [-0.2, -0.15) is 0 Å². The number of fused-ring (bicyclic) bond motifs is 1. The topological polar surface area (TPSA) is 47.0 Å². The van der Waals surface area contributed by atoms with Crippen LogP contribution in [-0.2, 0) is 6.42 Å². The minimum Gasteiger partial charge on any atom is -0.289 e. The Labute approximate surface area is 118 Å². The van der Waals surface area contributed by atoms with Crippen molar-refractivity contribution >= 4 is 11.6 Å². The average molecular weight is 285 g/mol. The molecule has 0 N–H and O–H groups in total. The number of aromatic nitrogens is 1. The third-order valence-corrected chi connectivity index (χ3v) is 3.28. The number of carbonyl (C=O) groups excluding carboxylic acids is 2. The second kappa shape index (κ2) is 5.01. The molecule has 1 aliphatic rings. The molecule has 0 saturated heterocycles. The Kier molecular flexibility index (Phi) is 3.17. The first-order valence-corrected chi connectivity index (χ1v) is 6.25. The number of Topliss-reactive ketones (excluding diaryl/α,β-unsaturated/α-hetero) is 1. The summed E-state index contributed by atoms with van der Waals surface area (Å²) in [4.78, 5) is 27.9. The largest absolute Gasteiger partial charge is 0.289 e. The standard InChI is InChI=1S/C16H9F2NO2/c17-10-7-13(18)14(19-8-10)5-9-6-15(20)11-3-1-2-4-12(11)16(9)21/h1-4,6-8H,5H2. The minimum absolute atomic E-state index is 0.0665. The molecule has 1 heterocycles. The van der Waals surface area contributed by atoms with Crippen LogP contribution in [0.4, 0.5) is 8.78 Å². The zero-order valence-corrected chi connectivity index (χ0v) is 10.8. The van der Waals surface area contributed by atoms with Crippen LogP contribution >= 0.6 is 0 Å². The molecule has 0 bridgehead atoms. The number of rotatable bonds is 2. The summed E-state index contributed by atoms with van der Waals surface area (Å²) < 4.78 is 26.4. The summed E-state index contributed by atoms with van der Waals surface area (Å²) >= 11 is 0. The summed E-state index contributed by atoms with van der Waals surface area (Å²) in [6.45, 7) is 0. The van der Waals surface area contributed by atoms with Crippen molar-refractivity contribution in [2.24, 2.45) is 0 Å². The van der Waals surface area contributed by atoms with Crippen molar-refractivity contribution in [3.8, 4) is 0 Å². The molecule has 21 heavy (non-hydrogen) atoms. The van der Waals surface area contributed by atoms with E-state index in [0.29, 0.717) is 17.2 Å². The molecule has 0 aliphatic heterocycles. The highest BCUT2D eigenvalue weighted by atomic mass is 19.1. The third kappa shape index (κ3) is 2.38. The molecule has 0 unspecified atom stereocenters. The van der Waals surface area contributed by atoms with Gasteiger partial charge in [0.1, 0.15) is 11.6 Å². The number of carbonyl (C=O) groups is 2. The number of ketones is 2. The van der Waals surface area contributed by atoms with E-state index in [2.05, 4.69) is 4.98 Å². The lowest BCUT2D eigenvalue weighted by molar-refractivity contribution is 0.0982. The van der Waals surface area contributed by atoms with Crippen LogP contribution in [0.2, 0.25) is 0 Å².